The van der Waals surface area contributed by atoms with Crippen molar-refractivity contribution in [2.24, 2.45) is 0 Å². The van der Waals surface area contributed by atoms with Crippen molar-refractivity contribution >= 4 is 6.09 Å². The standard InChI is InChI=1S/C14H17NO3/c1-9-13-12(7-8-15(13)14(16)18-9)10-3-5-11(17-2)6-4-10/h3-6,9,12-13H,7-8H2,1-2H3/t9-,12+,13+/m1/s1. The number of carbonyl (C=O) groups excluding carboxylic acids is 1. The highest BCUT2D eigenvalue weighted by atomic mass is 16.6. The SMILES string of the molecule is COc1ccc([C@@H]2CCN3C(=O)O[C@H](C)[C@@H]23)cc1. The second kappa shape index (κ2) is 4.19. The lowest BCUT2D eigenvalue weighted by atomic mass is 9.89. The molecule has 1 amide bonds. The number of nitrogens with zero attached hydrogens (tertiary/aromatic N) is 1. The Morgan fingerprint density at radius 2 is 2.06 bits per heavy atom. The van der Waals surface area contributed by atoms with E-state index in [-0.39, 0.29) is 18.2 Å². The second-order valence-corrected chi connectivity index (χ2v) is 4.94. The van der Waals surface area contributed by atoms with E-state index in [1.165, 1.54) is 5.56 Å². The molecule has 3 atom stereocenters. The maximum Gasteiger partial charge on any atom is 0.410 e. The molecule has 0 radical (unpaired) electrons. The molecule has 2 saturated heterocycles. The summed E-state index contributed by atoms with van der Waals surface area (Å²) < 4.78 is 10.5. The Morgan fingerprint density at radius 1 is 1.33 bits per heavy atom. The van der Waals surface area contributed by atoms with Gasteiger partial charge < -0.3 is 14.4 Å². The first-order valence-electron chi connectivity index (χ1n) is 6.32. The first kappa shape index (κ1) is 11.4. The number of methoxy groups -OCH3 is 1. The van der Waals surface area contributed by atoms with Gasteiger partial charge in [-0.05, 0) is 31.0 Å². The second-order valence-electron chi connectivity index (χ2n) is 4.94. The van der Waals surface area contributed by atoms with Crippen molar-refractivity contribution in [2.75, 3.05) is 13.7 Å². The summed E-state index contributed by atoms with van der Waals surface area (Å²) in [5.41, 5.74) is 1.26. The summed E-state index contributed by atoms with van der Waals surface area (Å²) >= 11 is 0. The number of amides is 1. The third-order valence-electron chi connectivity index (χ3n) is 4.00. The van der Waals surface area contributed by atoms with E-state index < -0.39 is 0 Å². The van der Waals surface area contributed by atoms with Gasteiger partial charge in [0, 0.05) is 12.5 Å². The molecule has 3 rings (SSSR count). The summed E-state index contributed by atoms with van der Waals surface area (Å²) in [6.07, 6.45) is 0.826. The largest absolute Gasteiger partial charge is 0.497 e. The van der Waals surface area contributed by atoms with Gasteiger partial charge in [0.25, 0.3) is 0 Å². The monoisotopic (exact) mass is 247 g/mol. The van der Waals surface area contributed by atoms with Gasteiger partial charge in [-0.1, -0.05) is 12.1 Å². The predicted octanol–water partition coefficient (Wildman–Crippen LogP) is 2.39. The zero-order chi connectivity index (χ0) is 12.7. The smallest absolute Gasteiger partial charge is 0.410 e. The van der Waals surface area contributed by atoms with Crippen LogP contribution in [0.3, 0.4) is 0 Å². The van der Waals surface area contributed by atoms with Crippen molar-refractivity contribution in [2.45, 2.75) is 31.4 Å². The van der Waals surface area contributed by atoms with Crippen LogP contribution in [0.15, 0.2) is 24.3 Å². The average Bonchev–Trinajstić information content (AvgIpc) is 2.93. The van der Waals surface area contributed by atoms with Crippen LogP contribution in [0.4, 0.5) is 4.79 Å². The van der Waals surface area contributed by atoms with Crippen LogP contribution in [0.2, 0.25) is 0 Å². The van der Waals surface area contributed by atoms with Gasteiger partial charge in [-0.25, -0.2) is 4.79 Å². The van der Waals surface area contributed by atoms with Crippen LogP contribution < -0.4 is 4.74 Å². The summed E-state index contributed by atoms with van der Waals surface area (Å²) in [6.45, 7) is 2.77. The highest BCUT2D eigenvalue weighted by molar-refractivity contribution is 5.71. The number of rotatable bonds is 2. The number of hydrogen-bond donors (Lipinski definition) is 0. The Balaban J connectivity index is 1.86. The lowest BCUT2D eigenvalue weighted by Crippen LogP contribution is -2.32. The number of ether oxygens (including phenoxy) is 2. The van der Waals surface area contributed by atoms with Gasteiger partial charge in [-0.2, -0.15) is 0 Å². The van der Waals surface area contributed by atoms with Crippen molar-refractivity contribution in [1.82, 2.24) is 4.90 Å². The van der Waals surface area contributed by atoms with E-state index in [1.54, 1.807) is 7.11 Å². The minimum atomic E-state index is -0.163. The maximum atomic E-state index is 11.6. The van der Waals surface area contributed by atoms with Crippen LogP contribution in [0, 0.1) is 0 Å². The first-order valence-corrected chi connectivity index (χ1v) is 6.32. The van der Waals surface area contributed by atoms with Crippen LogP contribution in [-0.4, -0.2) is 36.8 Å². The fourth-order valence-corrected chi connectivity index (χ4v) is 3.12. The van der Waals surface area contributed by atoms with E-state index in [2.05, 4.69) is 12.1 Å². The number of carbonyl (C=O) groups is 1. The summed E-state index contributed by atoms with van der Waals surface area (Å²) in [5, 5.41) is 0. The Hall–Kier alpha value is -1.71. The van der Waals surface area contributed by atoms with Gasteiger partial charge in [0.1, 0.15) is 11.9 Å². The van der Waals surface area contributed by atoms with Crippen LogP contribution in [-0.2, 0) is 4.74 Å². The minimum absolute atomic E-state index is 0.0212. The molecule has 0 aliphatic carbocycles. The molecule has 0 spiro atoms. The number of cyclic esters (lactones) is 1. The van der Waals surface area contributed by atoms with Gasteiger partial charge in [0.2, 0.25) is 0 Å². The van der Waals surface area contributed by atoms with Crippen molar-refractivity contribution in [3.05, 3.63) is 29.8 Å². The van der Waals surface area contributed by atoms with Crippen molar-refractivity contribution in [1.29, 1.82) is 0 Å². The molecule has 0 aromatic heterocycles. The van der Waals surface area contributed by atoms with E-state index in [0.717, 1.165) is 18.7 Å². The molecule has 4 heteroatoms. The Kier molecular flexibility index (Phi) is 2.65. The number of hydrogen-bond acceptors (Lipinski definition) is 3. The molecule has 2 fully saturated rings. The summed E-state index contributed by atoms with van der Waals surface area (Å²) in [6, 6.07) is 8.30. The quantitative estimate of drug-likeness (QED) is 0.805. The van der Waals surface area contributed by atoms with Crippen molar-refractivity contribution in [3.8, 4) is 5.75 Å². The molecule has 1 aromatic rings. The normalized spacial score (nSPS) is 30.2. The fraction of sp³-hybridized carbons (Fsp3) is 0.500. The van der Waals surface area contributed by atoms with Crippen LogP contribution >= 0.6 is 0 Å². The molecular weight excluding hydrogens is 230 g/mol. The summed E-state index contributed by atoms with van der Waals surface area (Å²) in [7, 11) is 1.66. The van der Waals surface area contributed by atoms with E-state index in [1.807, 2.05) is 24.0 Å². The summed E-state index contributed by atoms with van der Waals surface area (Å²) in [4.78, 5) is 13.5. The average molecular weight is 247 g/mol. The Labute approximate surface area is 106 Å². The van der Waals surface area contributed by atoms with E-state index in [0.29, 0.717) is 5.92 Å². The fourth-order valence-electron chi connectivity index (χ4n) is 3.12. The van der Waals surface area contributed by atoms with Gasteiger partial charge in [0.15, 0.2) is 0 Å². The number of fused-ring (bicyclic) bond motifs is 1. The predicted molar refractivity (Wildman–Crippen MR) is 66.8 cm³/mol. The molecule has 2 aliphatic rings. The minimum Gasteiger partial charge on any atom is -0.497 e. The van der Waals surface area contributed by atoms with Gasteiger partial charge in [0.05, 0.1) is 13.2 Å². The highest BCUT2D eigenvalue weighted by Gasteiger charge is 2.48. The molecule has 0 N–H and O–H groups in total. The molecule has 0 bridgehead atoms. The molecule has 4 nitrogen and oxygen atoms in total. The molecule has 2 heterocycles. The zero-order valence-electron chi connectivity index (χ0n) is 10.6. The van der Waals surface area contributed by atoms with E-state index in [4.69, 9.17) is 9.47 Å². The molecule has 0 saturated carbocycles. The lowest BCUT2D eigenvalue weighted by Gasteiger charge is -2.21. The van der Waals surface area contributed by atoms with Gasteiger partial charge in [-0.15, -0.1) is 0 Å². The Morgan fingerprint density at radius 3 is 2.72 bits per heavy atom. The molecule has 18 heavy (non-hydrogen) atoms. The van der Waals surface area contributed by atoms with Crippen molar-refractivity contribution < 1.29 is 14.3 Å². The van der Waals surface area contributed by atoms with Crippen LogP contribution in [0.25, 0.3) is 0 Å². The molecular formula is C14H17NO3. The van der Waals surface area contributed by atoms with E-state index in [9.17, 15) is 4.79 Å². The molecule has 0 unspecified atom stereocenters. The Bertz CT molecular complexity index is 457. The summed E-state index contributed by atoms with van der Waals surface area (Å²) in [5.74, 6) is 1.23. The van der Waals surface area contributed by atoms with Crippen LogP contribution in [0.1, 0.15) is 24.8 Å². The van der Waals surface area contributed by atoms with Crippen LogP contribution in [0.5, 0.6) is 5.75 Å². The third kappa shape index (κ3) is 1.64. The highest BCUT2D eigenvalue weighted by Crippen LogP contribution is 2.40. The topological polar surface area (TPSA) is 38.8 Å². The van der Waals surface area contributed by atoms with Gasteiger partial charge in [-0.3, -0.25) is 0 Å². The zero-order valence-corrected chi connectivity index (χ0v) is 10.6. The van der Waals surface area contributed by atoms with E-state index >= 15 is 0 Å². The molecule has 96 valence electrons. The number of benzene rings is 1. The van der Waals surface area contributed by atoms with Gasteiger partial charge >= 0.3 is 6.09 Å². The first-order chi connectivity index (χ1) is 8.70. The third-order valence-corrected chi connectivity index (χ3v) is 4.00. The lowest BCUT2D eigenvalue weighted by molar-refractivity contribution is 0.133. The van der Waals surface area contributed by atoms with Crippen molar-refractivity contribution in [3.63, 3.8) is 0 Å². The molecule has 1 aromatic carbocycles. The molecule has 2 aliphatic heterocycles. The maximum absolute atomic E-state index is 11.6.